The second-order valence-corrected chi connectivity index (χ2v) is 5.69. The highest BCUT2D eigenvalue weighted by molar-refractivity contribution is 6.01. The summed E-state index contributed by atoms with van der Waals surface area (Å²) in [7, 11) is 2.36. The maximum atomic E-state index is 12.7. The van der Waals surface area contributed by atoms with E-state index in [-0.39, 0.29) is 30.7 Å². The molecule has 2 aliphatic rings. The number of ether oxygens (including phenoxy) is 3. The lowest BCUT2D eigenvalue weighted by Crippen LogP contribution is -2.61. The molecule has 24 heavy (non-hydrogen) atoms. The van der Waals surface area contributed by atoms with Gasteiger partial charge in [0.25, 0.3) is 0 Å². The van der Waals surface area contributed by atoms with Gasteiger partial charge in [0, 0.05) is 5.70 Å². The molecule has 1 saturated carbocycles. The maximum absolute atomic E-state index is 12.7. The second-order valence-electron chi connectivity index (χ2n) is 5.69. The summed E-state index contributed by atoms with van der Waals surface area (Å²) in [4.78, 5) is 36.7. The van der Waals surface area contributed by atoms with Crippen molar-refractivity contribution in [1.29, 1.82) is 0 Å². The number of rotatable bonds is 4. The van der Waals surface area contributed by atoms with E-state index in [1.807, 2.05) is 0 Å². The minimum Gasteiger partial charge on any atom is -0.466 e. The summed E-state index contributed by atoms with van der Waals surface area (Å²) in [5.74, 6) is -1.48. The summed E-state index contributed by atoms with van der Waals surface area (Å²) in [6.07, 6.45) is -0.0157. The highest BCUT2D eigenvalue weighted by atomic mass is 16.6. The highest BCUT2D eigenvalue weighted by Gasteiger charge is 2.71. The van der Waals surface area contributed by atoms with Gasteiger partial charge in [-0.2, -0.15) is 0 Å². The van der Waals surface area contributed by atoms with E-state index < -0.39 is 29.2 Å². The minimum absolute atomic E-state index is 0.0140. The van der Waals surface area contributed by atoms with Gasteiger partial charge < -0.3 is 19.3 Å². The Kier molecular flexibility index (Phi) is 4.75. The van der Waals surface area contributed by atoms with E-state index in [0.29, 0.717) is 6.42 Å². The Morgan fingerprint density at radius 1 is 1.25 bits per heavy atom. The first-order valence-electron chi connectivity index (χ1n) is 7.64. The van der Waals surface area contributed by atoms with Crippen LogP contribution in [0.5, 0.6) is 0 Å². The molecule has 134 valence electrons. The van der Waals surface area contributed by atoms with Gasteiger partial charge in [-0.1, -0.05) is 0 Å². The fraction of sp³-hybridized carbons (Fsp3) is 0.667. The van der Waals surface area contributed by atoms with Gasteiger partial charge in [-0.3, -0.25) is 9.80 Å². The number of methoxy groups -OCH3 is 2. The van der Waals surface area contributed by atoms with Gasteiger partial charge in [-0.15, -0.1) is 0 Å². The number of fused-ring (bicyclic) bond motifs is 1. The highest BCUT2D eigenvalue weighted by Crippen LogP contribution is 2.59. The zero-order valence-electron chi connectivity index (χ0n) is 14.2. The number of carbonyl (C=O) groups excluding carboxylic acids is 3. The van der Waals surface area contributed by atoms with Crippen LogP contribution >= 0.6 is 0 Å². The zero-order valence-corrected chi connectivity index (χ0v) is 14.2. The van der Waals surface area contributed by atoms with Crippen LogP contribution in [0.4, 0.5) is 4.79 Å². The number of aliphatic hydroxyl groups is 1. The van der Waals surface area contributed by atoms with Crippen LogP contribution in [0.25, 0.3) is 0 Å². The van der Waals surface area contributed by atoms with E-state index in [1.165, 1.54) is 21.1 Å². The molecule has 1 fully saturated rings. The first kappa shape index (κ1) is 18.1. The summed E-state index contributed by atoms with van der Waals surface area (Å²) in [6, 6.07) is 0. The average Bonchev–Trinajstić information content (AvgIpc) is 2.98. The van der Waals surface area contributed by atoms with Crippen molar-refractivity contribution in [2.45, 2.75) is 38.8 Å². The van der Waals surface area contributed by atoms with Crippen molar-refractivity contribution < 1.29 is 33.7 Å². The maximum Gasteiger partial charge on any atom is 0.425 e. The molecule has 2 rings (SSSR count). The summed E-state index contributed by atoms with van der Waals surface area (Å²) in [6.45, 7) is 3.24. The van der Waals surface area contributed by atoms with Gasteiger partial charge in [0.05, 0.1) is 26.4 Å². The molecule has 0 radical (unpaired) electrons. The van der Waals surface area contributed by atoms with Crippen LogP contribution in [-0.4, -0.2) is 54.7 Å². The Labute approximate surface area is 139 Å². The normalized spacial score (nSPS) is 28.5. The van der Waals surface area contributed by atoms with Crippen LogP contribution in [-0.2, 0) is 23.8 Å². The molecule has 0 aromatic carbocycles. The number of nitrogens with one attached hydrogen (secondary N) is 1. The van der Waals surface area contributed by atoms with Gasteiger partial charge in [0.1, 0.15) is 0 Å². The molecule has 1 aliphatic carbocycles. The molecule has 1 amide bonds. The molecule has 9 nitrogen and oxygen atoms in total. The molecular formula is C15H22N2O7. The third kappa shape index (κ3) is 2.22. The van der Waals surface area contributed by atoms with Crippen molar-refractivity contribution in [1.82, 2.24) is 10.4 Å². The smallest absolute Gasteiger partial charge is 0.425 e. The first-order chi connectivity index (χ1) is 11.3. The lowest BCUT2D eigenvalue weighted by Gasteiger charge is -2.40. The number of hydrogen-bond donors (Lipinski definition) is 2. The third-order valence-electron chi connectivity index (χ3n) is 4.66. The Morgan fingerprint density at radius 2 is 1.92 bits per heavy atom. The van der Waals surface area contributed by atoms with Gasteiger partial charge in [-0.05, 0) is 33.1 Å². The number of hydrazine groups is 1. The molecule has 9 heteroatoms. The molecule has 2 atom stereocenters. The number of amides is 1. The van der Waals surface area contributed by atoms with Crippen LogP contribution in [0.2, 0.25) is 0 Å². The molecule has 2 N–H and O–H groups in total. The molecule has 0 unspecified atom stereocenters. The Hall–Kier alpha value is -2.29. The lowest BCUT2D eigenvalue weighted by molar-refractivity contribution is -0.188. The van der Waals surface area contributed by atoms with Crippen molar-refractivity contribution in [2.75, 3.05) is 20.8 Å². The Balaban J connectivity index is 2.63. The molecule has 0 spiro atoms. The molecule has 0 aromatic heterocycles. The average molecular weight is 342 g/mol. The number of hydrogen-bond acceptors (Lipinski definition) is 8. The Bertz CT molecular complexity index is 603. The fourth-order valence-corrected chi connectivity index (χ4v) is 3.70. The number of nitrogens with zero attached hydrogens (tertiary/aromatic N) is 1. The summed E-state index contributed by atoms with van der Waals surface area (Å²) in [5, 5.41) is 12.4. The van der Waals surface area contributed by atoms with Crippen LogP contribution in [0.1, 0.15) is 33.1 Å². The second kappa shape index (κ2) is 6.31. The monoisotopic (exact) mass is 342 g/mol. The van der Waals surface area contributed by atoms with E-state index in [2.05, 4.69) is 10.2 Å². The molecule has 1 aliphatic heterocycles. The van der Waals surface area contributed by atoms with Crippen molar-refractivity contribution in [3.05, 3.63) is 11.3 Å². The van der Waals surface area contributed by atoms with E-state index in [0.717, 1.165) is 5.01 Å². The van der Waals surface area contributed by atoms with E-state index in [9.17, 15) is 19.5 Å². The van der Waals surface area contributed by atoms with Gasteiger partial charge in [0.2, 0.25) is 0 Å². The fourth-order valence-electron chi connectivity index (χ4n) is 3.70. The SMILES string of the molecule is CCOC(=O)[C@]12CCC[C@]1(O)N(NC(=O)OC)C(C)=C2C(=O)OC. The van der Waals surface area contributed by atoms with Crippen LogP contribution in [0.3, 0.4) is 0 Å². The zero-order chi connectivity index (χ0) is 18.1. The quantitative estimate of drug-likeness (QED) is 0.559. The molecule has 0 aromatic rings. The Morgan fingerprint density at radius 3 is 2.46 bits per heavy atom. The minimum atomic E-state index is -1.83. The summed E-state index contributed by atoms with van der Waals surface area (Å²) in [5.41, 5.74) is -0.890. The molecular weight excluding hydrogens is 320 g/mol. The van der Waals surface area contributed by atoms with E-state index >= 15 is 0 Å². The van der Waals surface area contributed by atoms with Gasteiger partial charge in [-0.25, -0.2) is 15.0 Å². The van der Waals surface area contributed by atoms with E-state index in [1.54, 1.807) is 6.92 Å². The number of carbonyl (C=O) groups is 3. The predicted octanol–water partition coefficient (Wildman–Crippen LogP) is 0.442. The number of allylic oxidation sites excluding steroid dienone is 1. The summed E-state index contributed by atoms with van der Waals surface area (Å²) >= 11 is 0. The van der Waals surface area contributed by atoms with Crippen molar-refractivity contribution in [3.63, 3.8) is 0 Å². The van der Waals surface area contributed by atoms with Crippen molar-refractivity contribution in [3.8, 4) is 0 Å². The van der Waals surface area contributed by atoms with Gasteiger partial charge >= 0.3 is 18.0 Å². The van der Waals surface area contributed by atoms with E-state index in [4.69, 9.17) is 9.47 Å². The van der Waals surface area contributed by atoms with Gasteiger partial charge in [0.15, 0.2) is 11.1 Å². The largest absolute Gasteiger partial charge is 0.466 e. The molecule has 1 heterocycles. The van der Waals surface area contributed by atoms with Crippen LogP contribution < -0.4 is 5.43 Å². The van der Waals surface area contributed by atoms with Crippen molar-refractivity contribution >= 4 is 18.0 Å². The van der Waals surface area contributed by atoms with Crippen LogP contribution in [0.15, 0.2) is 11.3 Å². The summed E-state index contributed by atoms with van der Waals surface area (Å²) < 4.78 is 14.5. The molecule has 0 bridgehead atoms. The molecule has 0 saturated heterocycles. The van der Waals surface area contributed by atoms with Crippen LogP contribution in [0, 0.1) is 5.41 Å². The number of esters is 2. The first-order valence-corrected chi connectivity index (χ1v) is 7.64. The third-order valence-corrected chi connectivity index (χ3v) is 4.66. The lowest BCUT2D eigenvalue weighted by atomic mass is 9.75. The topological polar surface area (TPSA) is 114 Å². The van der Waals surface area contributed by atoms with Crippen molar-refractivity contribution in [2.24, 2.45) is 5.41 Å². The standard InChI is InChI=1S/C15H22N2O7/c1-5-24-12(19)14-7-6-8-15(14,21)17(16-13(20)23-4)9(2)10(14)11(18)22-3/h21H,5-8H2,1-4H3,(H,16,20)/t14-,15-/m1/s1. The predicted molar refractivity (Wildman–Crippen MR) is 80.0 cm³/mol.